The number of allylic oxidation sites excluding steroid dienone is 2. The highest BCUT2D eigenvalue weighted by Crippen LogP contribution is 2.61. The van der Waals surface area contributed by atoms with Crippen LogP contribution in [0.4, 0.5) is 0 Å². The van der Waals surface area contributed by atoms with E-state index in [2.05, 4.69) is 26.0 Å². The molecule has 1 aliphatic heterocycles. The average Bonchev–Trinajstić information content (AvgIpc) is 2.85. The van der Waals surface area contributed by atoms with E-state index >= 15 is 0 Å². The van der Waals surface area contributed by atoms with Crippen LogP contribution in [0, 0.1) is 23.2 Å². The molecule has 3 nitrogen and oxygen atoms in total. The van der Waals surface area contributed by atoms with Gasteiger partial charge in [0.1, 0.15) is 17.8 Å². The maximum Gasteiger partial charge on any atom is 0.320 e. The molecule has 3 heteroatoms. The first kappa shape index (κ1) is 12.8. The van der Waals surface area contributed by atoms with Gasteiger partial charge in [-0.05, 0) is 37.2 Å². The van der Waals surface area contributed by atoms with E-state index in [1.165, 1.54) is 0 Å². The van der Waals surface area contributed by atoms with Crippen molar-refractivity contribution in [3.05, 3.63) is 24.0 Å². The number of hydrogen-bond acceptors (Lipinski definition) is 3. The van der Waals surface area contributed by atoms with Crippen LogP contribution in [0.15, 0.2) is 24.0 Å². The van der Waals surface area contributed by atoms with Crippen LogP contribution in [0.2, 0.25) is 0 Å². The van der Waals surface area contributed by atoms with Crippen LogP contribution in [-0.2, 0) is 14.3 Å². The zero-order valence-electron chi connectivity index (χ0n) is 12.1. The summed E-state index contributed by atoms with van der Waals surface area (Å²) in [6.07, 6.45) is 7.05. The molecule has 3 rings (SSSR count). The minimum absolute atomic E-state index is 0.0771. The molecule has 0 aromatic heterocycles. The van der Waals surface area contributed by atoms with E-state index in [1.807, 2.05) is 19.9 Å². The predicted octanol–water partition coefficient (Wildman–Crippen LogP) is 3.07. The summed E-state index contributed by atoms with van der Waals surface area (Å²) in [6.45, 7) is 8.48. The molecule has 2 aliphatic carbocycles. The van der Waals surface area contributed by atoms with Crippen LogP contribution in [-0.4, -0.2) is 18.2 Å². The van der Waals surface area contributed by atoms with Crippen LogP contribution < -0.4 is 0 Å². The summed E-state index contributed by atoms with van der Waals surface area (Å²) in [6, 6.07) is 0. The summed E-state index contributed by atoms with van der Waals surface area (Å²) in [5.41, 5.74) is 0.292. The van der Waals surface area contributed by atoms with Crippen molar-refractivity contribution in [2.24, 2.45) is 23.2 Å². The van der Waals surface area contributed by atoms with Gasteiger partial charge in [0.25, 0.3) is 0 Å². The fourth-order valence-corrected chi connectivity index (χ4v) is 3.39. The second-order valence-electron chi connectivity index (χ2n) is 6.72. The molecule has 1 heterocycles. The summed E-state index contributed by atoms with van der Waals surface area (Å²) in [7, 11) is 0. The Kier molecular flexibility index (Phi) is 2.77. The highest BCUT2D eigenvalue weighted by Gasteiger charge is 2.56. The lowest BCUT2D eigenvalue weighted by Gasteiger charge is -2.28. The van der Waals surface area contributed by atoms with E-state index in [-0.39, 0.29) is 24.1 Å². The van der Waals surface area contributed by atoms with Gasteiger partial charge in [-0.2, -0.15) is 0 Å². The van der Waals surface area contributed by atoms with Gasteiger partial charge in [-0.15, -0.1) is 0 Å². The monoisotopic (exact) mass is 262 g/mol. The Balaban J connectivity index is 1.91. The van der Waals surface area contributed by atoms with Gasteiger partial charge < -0.3 is 9.47 Å². The van der Waals surface area contributed by atoms with E-state index in [4.69, 9.17) is 9.47 Å². The Bertz CT molecular complexity index is 461. The van der Waals surface area contributed by atoms with E-state index in [0.29, 0.717) is 17.3 Å². The number of carbonyl (C=O) groups excluding carboxylic acids is 1. The standard InChI is InChI=1S/C16H22O3/c1-9-7-10(2)19-15(17)11-5-6-12-13(16(12,3)4)8-14(11)18-9/h5-6,8-13H,7H2,1-4H3/t9-,10-,11-,12+,13-/m1/s1. The molecular formula is C16H22O3. The third-order valence-corrected chi connectivity index (χ3v) is 4.73. The lowest BCUT2D eigenvalue weighted by atomic mass is 10.00. The predicted molar refractivity (Wildman–Crippen MR) is 72.2 cm³/mol. The van der Waals surface area contributed by atoms with Gasteiger partial charge >= 0.3 is 5.97 Å². The number of esters is 1. The molecule has 0 bridgehead atoms. The maximum absolute atomic E-state index is 12.2. The minimum Gasteiger partial charge on any atom is -0.494 e. The molecule has 0 N–H and O–H groups in total. The summed E-state index contributed by atoms with van der Waals surface area (Å²) < 4.78 is 11.5. The second kappa shape index (κ2) is 4.12. The van der Waals surface area contributed by atoms with Crippen LogP contribution >= 0.6 is 0 Å². The molecule has 5 atom stereocenters. The van der Waals surface area contributed by atoms with Gasteiger partial charge in [0.2, 0.25) is 0 Å². The molecular weight excluding hydrogens is 240 g/mol. The number of fused-ring (bicyclic) bond motifs is 2. The third kappa shape index (κ3) is 2.09. The lowest BCUT2D eigenvalue weighted by Crippen LogP contribution is -2.31. The van der Waals surface area contributed by atoms with Crippen molar-refractivity contribution in [2.45, 2.75) is 46.3 Å². The molecule has 0 aromatic carbocycles. The van der Waals surface area contributed by atoms with Crippen LogP contribution in [0.25, 0.3) is 0 Å². The molecule has 19 heavy (non-hydrogen) atoms. The molecule has 0 amide bonds. The first-order valence-electron chi connectivity index (χ1n) is 7.17. The van der Waals surface area contributed by atoms with Gasteiger partial charge in [0.05, 0.1) is 6.10 Å². The van der Waals surface area contributed by atoms with Crippen LogP contribution in [0.1, 0.15) is 34.1 Å². The molecule has 2 fully saturated rings. The van der Waals surface area contributed by atoms with Gasteiger partial charge in [0, 0.05) is 6.42 Å². The first-order valence-corrected chi connectivity index (χ1v) is 7.17. The molecule has 0 aromatic rings. The molecule has 0 spiro atoms. The lowest BCUT2D eigenvalue weighted by molar-refractivity contribution is -0.155. The fraction of sp³-hybridized carbons (Fsp3) is 0.688. The smallest absolute Gasteiger partial charge is 0.320 e. The number of carbonyl (C=O) groups is 1. The topological polar surface area (TPSA) is 35.5 Å². The largest absolute Gasteiger partial charge is 0.494 e. The van der Waals surface area contributed by atoms with Crippen LogP contribution in [0.3, 0.4) is 0 Å². The Hall–Kier alpha value is -1.25. The molecule has 0 unspecified atom stereocenters. The molecule has 104 valence electrons. The Labute approximate surface area is 114 Å². The highest BCUT2D eigenvalue weighted by molar-refractivity contribution is 5.78. The van der Waals surface area contributed by atoms with Crippen molar-refractivity contribution in [3.63, 3.8) is 0 Å². The number of hydrogen-bond donors (Lipinski definition) is 0. The molecule has 3 aliphatic rings. The Morgan fingerprint density at radius 2 is 1.79 bits per heavy atom. The minimum atomic E-state index is -0.353. The zero-order chi connectivity index (χ0) is 13.8. The van der Waals surface area contributed by atoms with Gasteiger partial charge in [-0.25, -0.2) is 0 Å². The number of cyclic esters (lactones) is 1. The van der Waals surface area contributed by atoms with E-state index in [9.17, 15) is 4.79 Å². The third-order valence-electron chi connectivity index (χ3n) is 4.73. The zero-order valence-corrected chi connectivity index (χ0v) is 12.1. The van der Waals surface area contributed by atoms with Crippen molar-refractivity contribution in [1.29, 1.82) is 0 Å². The first-order chi connectivity index (χ1) is 8.89. The maximum atomic E-state index is 12.2. The molecule has 1 saturated heterocycles. The van der Waals surface area contributed by atoms with E-state index in [0.717, 1.165) is 12.2 Å². The van der Waals surface area contributed by atoms with Crippen molar-refractivity contribution >= 4 is 5.97 Å². The molecule has 1 saturated carbocycles. The van der Waals surface area contributed by atoms with Gasteiger partial charge in [-0.3, -0.25) is 4.79 Å². The van der Waals surface area contributed by atoms with Crippen LogP contribution in [0.5, 0.6) is 0 Å². The van der Waals surface area contributed by atoms with E-state index < -0.39 is 0 Å². The Morgan fingerprint density at radius 3 is 2.53 bits per heavy atom. The highest BCUT2D eigenvalue weighted by atomic mass is 16.6. The van der Waals surface area contributed by atoms with Gasteiger partial charge in [-0.1, -0.05) is 26.0 Å². The normalized spacial score (nSPS) is 43.5. The van der Waals surface area contributed by atoms with Crippen molar-refractivity contribution < 1.29 is 14.3 Å². The average molecular weight is 262 g/mol. The number of ether oxygens (including phenoxy) is 2. The quantitative estimate of drug-likeness (QED) is 0.497. The summed E-state index contributed by atoms with van der Waals surface area (Å²) >= 11 is 0. The molecule has 0 radical (unpaired) electrons. The second-order valence-corrected chi connectivity index (χ2v) is 6.72. The summed E-state index contributed by atoms with van der Waals surface area (Å²) in [4.78, 5) is 12.2. The van der Waals surface area contributed by atoms with Gasteiger partial charge in [0.15, 0.2) is 0 Å². The Morgan fingerprint density at radius 1 is 1.11 bits per heavy atom. The van der Waals surface area contributed by atoms with Crippen molar-refractivity contribution in [3.8, 4) is 0 Å². The number of rotatable bonds is 0. The SMILES string of the molecule is C[C@@H]1C[C@@H](C)OC2=C[C@@H]3[C@H](C=C[C@H]2C(=O)O1)C3(C)C. The van der Waals surface area contributed by atoms with Crippen molar-refractivity contribution in [1.82, 2.24) is 0 Å². The summed E-state index contributed by atoms with van der Waals surface area (Å²) in [5, 5.41) is 0. The fourth-order valence-electron chi connectivity index (χ4n) is 3.39. The summed E-state index contributed by atoms with van der Waals surface area (Å²) in [5.74, 6) is 1.27. The van der Waals surface area contributed by atoms with E-state index in [1.54, 1.807) is 0 Å². The van der Waals surface area contributed by atoms with Crippen molar-refractivity contribution in [2.75, 3.05) is 0 Å².